The highest BCUT2D eigenvalue weighted by molar-refractivity contribution is 6.10. The van der Waals surface area contributed by atoms with Crippen molar-refractivity contribution in [1.82, 2.24) is 4.98 Å². The van der Waals surface area contributed by atoms with Gasteiger partial charge in [-0.1, -0.05) is 103 Å². The lowest BCUT2D eigenvalue weighted by atomic mass is 9.83. The number of aromatic nitrogens is 1. The number of nitrogens with zero attached hydrogens (tertiary/aromatic N) is 1. The van der Waals surface area contributed by atoms with Gasteiger partial charge in [-0.3, -0.25) is 0 Å². The minimum Gasteiger partial charge on any atom is -0.354 e. The summed E-state index contributed by atoms with van der Waals surface area (Å²) in [6.07, 6.45) is 0. The van der Waals surface area contributed by atoms with E-state index in [1.807, 2.05) is 0 Å². The summed E-state index contributed by atoms with van der Waals surface area (Å²) in [5.41, 5.74) is 8.57. The first-order valence-corrected chi connectivity index (χ1v) is 11.7. The smallest absolute Gasteiger partial charge is 0.0528 e. The summed E-state index contributed by atoms with van der Waals surface area (Å²) in [5, 5.41) is 2.51. The van der Waals surface area contributed by atoms with E-state index < -0.39 is 0 Å². The molecule has 2 heteroatoms. The Balaban J connectivity index is 1.71. The van der Waals surface area contributed by atoms with Crippen molar-refractivity contribution in [3.8, 4) is 0 Å². The summed E-state index contributed by atoms with van der Waals surface area (Å²) in [6, 6.07) is 45.4. The first-order chi connectivity index (χ1) is 16.8. The number of hydrogen-bond acceptors (Lipinski definition) is 1. The predicted octanol–water partition coefficient (Wildman–Crippen LogP) is 8.27. The molecule has 0 atom stereocenters. The Kier molecular flexibility index (Phi) is 5.12. The molecule has 0 spiro atoms. The Morgan fingerprint density at radius 3 is 1.76 bits per heavy atom. The fourth-order valence-corrected chi connectivity index (χ4v) is 5.12. The van der Waals surface area contributed by atoms with Gasteiger partial charge in [0.1, 0.15) is 0 Å². The van der Waals surface area contributed by atoms with Crippen LogP contribution in [0.1, 0.15) is 22.6 Å². The summed E-state index contributed by atoms with van der Waals surface area (Å²) >= 11 is 0. The molecule has 2 nitrogen and oxygen atoms in total. The number of rotatable bonds is 5. The Bertz CT molecular complexity index is 1510. The number of fused-ring (bicyclic) bond motifs is 3. The van der Waals surface area contributed by atoms with E-state index in [1.54, 1.807) is 0 Å². The van der Waals surface area contributed by atoms with Gasteiger partial charge in [-0.2, -0.15) is 0 Å². The van der Waals surface area contributed by atoms with Gasteiger partial charge in [-0.15, -0.1) is 0 Å². The largest absolute Gasteiger partial charge is 0.354 e. The van der Waals surface area contributed by atoms with Crippen molar-refractivity contribution >= 4 is 33.2 Å². The third-order valence-electron chi connectivity index (χ3n) is 6.76. The summed E-state index contributed by atoms with van der Waals surface area (Å²) in [4.78, 5) is 6.09. The van der Waals surface area contributed by atoms with Crippen molar-refractivity contribution in [2.24, 2.45) is 0 Å². The second-order valence-corrected chi connectivity index (χ2v) is 8.74. The van der Waals surface area contributed by atoms with E-state index in [1.165, 1.54) is 44.4 Å². The minimum atomic E-state index is 0.0836. The molecule has 1 N–H and O–H groups in total. The van der Waals surface area contributed by atoms with Crippen LogP contribution in [-0.4, -0.2) is 12.0 Å². The fraction of sp³-hybridized carbons (Fsp3) is 0.0625. The number of H-pyrrole nitrogens is 1. The quantitative estimate of drug-likeness (QED) is 0.268. The van der Waals surface area contributed by atoms with Crippen LogP contribution in [0, 0.1) is 0 Å². The topological polar surface area (TPSA) is 19.0 Å². The Morgan fingerprint density at radius 2 is 1.12 bits per heavy atom. The Hall–Kier alpha value is -4.30. The zero-order valence-electron chi connectivity index (χ0n) is 19.1. The van der Waals surface area contributed by atoms with Crippen LogP contribution >= 0.6 is 0 Å². The number of nitrogens with one attached hydrogen (secondary N) is 1. The molecule has 0 amide bonds. The van der Waals surface area contributed by atoms with E-state index in [0.717, 1.165) is 5.52 Å². The van der Waals surface area contributed by atoms with Crippen LogP contribution in [0.2, 0.25) is 0 Å². The third-order valence-corrected chi connectivity index (χ3v) is 6.76. The second-order valence-electron chi connectivity index (χ2n) is 8.74. The van der Waals surface area contributed by atoms with Crippen molar-refractivity contribution in [3.63, 3.8) is 0 Å². The molecule has 6 rings (SSSR count). The van der Waals surface area contributed by atoms with Crippen molar-refractivity contribution < 1.29 is 0 Å². The highest BCUT2D eigenvalue weighted by Crippen LogP contribution is 2.44. The van der Waals surface area contributed by atoms with Crippen LogP contribution in [0.5, 0.6) is 0 Å². The van der Waals surface area contributed by atoms with E-state index in [-0.39, 0.29) is 5.92 Å². The van der Waals surface area contributed by atoms with Crippen molar-refractivity contribution in [2.75, 3.05) is 11.9 Å². The molecule has 1 aromatic heterocycles. The molecule has 0 unspecified atom stereocenters. The lowest BCUT2D eigenvalue weighted by Crippen LogP contribution is -2.15. The van der Waals surface area contributed by atoms with Crippen molar-refractivity contribution in [1.29, 1.82) is 0 Å². The van der Waals surface area contributed by atoms with Crippen LogP contribution in [0.4, 0.5) is 11.4 Å². The van der Waals surface area contributed by atoms with E-state index in [9.17, 15) is 0 Å². The van der Waals surface area contributed by atoms with E-state index in [2.05, 4.69) is 144 Å². The molecular weight excluding hydrogens is 412 g/mol. The summed E-state index contributed by atoms with van der Waals surface area (Å²) in [7, 11) is 2.16. The maximum Gasteiger partial charge on any atom is 0.0528 e. The van der Waals surface area contributed by atoms with Crippen LogP contribution in [0.25, 0.3) is 21.8 Å². The number of para-hydroxylation sites is 2. The van der Waals surface area contributed by atoms with Gasteiger partial charge in [-0.25, -0.2) is 0 Å². The average Bonchev–Trinajstić information content (AvgIpc) is 3.29. The highest BCUT2D eigenvalue weighted by atomic mass is 15.1. The number of anilines is 2. The first-order valence-electron chi connectivity index (χ1n) is 11.7. The molecule has 0 aliphatic rings. The third kappa shape index (κ3) is 3.45. The predicted molar refractivity (Wildman–Crippen MR) is 144 cm³/mol. The molecule has 164 valence electrons. The first kappa shape index (κ1) is 20.3. The van der Waals surface area contributed by atoms with Gasteiger partial charge in [-0.05, 0) is 35.4 Å². The molecule has 0 bridgehead atoms. The van der Waals surface area contributed by atoms with Gasteiger partial charge < -0.3 is 9.88 Å². The lowest BCUT2D eigenvalue weighted by Gasteiger charge is -2.28. The molecule has 0 aliphatic carbocycles. The van der Waals surface area contributed by atoms with E-state index in [0.29, 0.717) is 0 Å². The molecule has 0 fully saturated rings. The lowest BCUT2D eigenvalue weighted by molar-refractivity contribution is 0.974. The van der Waals surface area contributed by atoms with Crippen LogP contribution in [0.3, 0.4) is 0 Å². The van der Waals surface area contributed by atoms with Crippen LogP contribution in [-0.2, 0) is 0 Å². The number of aromatic amines is 1. The van der Waals surface area contributed by atoms with Gasteiger partial charge in [0.05, 0.1) is 5.52 Å². The van der Waals surface area contributed by atoms with Crippen LogP contribution in [0.15, 0.2) is 127 Å². The average molecular weight is 439 g/mol. The van der Waals surface area contributed by atoms with Gasteiger partial charge in [0, 0.05) is 46.2 Å². The summed E-state index contributed by atoms with van der Waals surface area (Å²) in [5.74, 6) is 0.0836. The van der Waals surface area contributed by atoms with E-state index in [4.69, 9.17) is 0 Å². The SMILES string of the molecule is CN(c1ccccc1)c1ccc2c([nH]c3ccccc32)c1C(c1ccccc1)c1ccccc1. The molecule has 5 aromatic carbocycles. The zero-order valence-corrected chi connectivity index (χ0v) is 19.1. The number of hydrogen-bond donors (Lipinski definition) is 1. The molecule has 34 heavy (non-hydrogen) atoms. The standard InChI is InChI=1S/C32H26N2/c1-34(25-17-9-4-10-18-25)29-22-21-27-26-19-11-12-20-28(26)33-32(27)31(29)30(23-13-5-2-6-14-23)24-15-7-3-8-16-24/h2-22,30,33H,1H3. The Morgan fingerprint density at radius 1 is 0.559 bits per heavy atom. The fourth-order valence-electron chi connectivity index (χ4n) is 5.12. The molecule has 0 saturated carbocycles. The molecule has 0 saturated heterocycles. The van der Waals surface area contributed by atoms with E-state index >= 15 is 0 Å². The van der Waals surface area contributed by atoms with Crippen molar-refractivity contribution in [2.45, 2.75) is 5.92 Å². The van der Waals surface area contributed by atoms with Gasteiger partial charge in [0.15, 0.2) is 0 Å². The molecule has 0 aliphatic heterocycles. The monoisotopic (exact) mass is 438 g/mol. The Labute approximate surface area is 200 Å². The zero-order chi connectivity index (χ0) is 22.9. The normalized spacial score (nSPS) is 11.4. The minimum absolute atomic E-state index is 0.0836. The van der Waals surface area contributed by atoms with Crippen LogP contribution < -0.4 is 4.90 Å². The molecule has 1 heterocycles. The van der Waals surface area contributed by atoms with Gasteiger partial charge in [0.2, 0.25) is 0 Å². The molecule has 0 radical (unpaired) electrons. The van der Waals surface area contributed by atoms with Crippen molar-refractivity contribution in [3.05, 3.63) is 144 Å². The summed E-state index contributed by atoms with van der Waals surface area (Å²) < 4.78 is 0. The summed E-state index contributed by atoms with van der Waals surface area (Å²) in [6.45, 7) is 0. The highest BCUT2D eigenvalue weighted by Gasteiger charge is 2.25. The molecular formula is C32H26N2. The number of benzene rings is 5. The maximum absolute atomic E-state index is 3.79. The second kappa shape index (κ2) is 8.57. The molecule has 6 aromatic rings. The van der Waals surface area contributed by atoms with Gasteiger partial charge >= 0.3 is 0 Å². The van der Waals surface area contributed by atoms with Gasteiger partial charge in [0.25, 0.3) is 0 Å². The maximum atomic E-state index is 3.79.